The van der Waals surface area contributed by atoms with Gasteiger partial charge in [0.15, 0.2) is 0 Å². The number of amides is 1. The molecule has 0 aliphatic heterocycles. The lowest BCUT2D eigenvalue weighted by atomic mass is 10.0. The Balaban J connectivity index is 0.00000361. The largest absolute Gasteiger partial charge is 0.383 e. The van der Waals surface area contributed by atoms with Crippen LogP contribution >= 0.6 is 12.4 Å². The van der Waals surface area contributed by atoms with Crippen LogP contribution in [0.5, 0.6) is 0 Å². The molecule has 1 aromatic carbocycles. The maximum absolute atomic E-state index is 11.8. The number of rotatable bonds is 8. The van der Waals surface area contributed by atoms with Gasteiger partial charge in [-0.15, -0.1) is 12.4 Å². The average molecular weight is 301 g/mol. The average Bonchev–Trinajstić information content (AvgIpc) is 2.42. The first kappa shape index (κ1) is 18.9. The second kappa shape index (κ2) is 10.7. The summed E-state index contributed by atoms with van der Waals surface area (Å²) in [6.07, 6.45) is 0.882. The molecule has 1 aromatic rings. The van der Waals surface area contributed by atoms with E-state index in [2.05, 4.69) is 48.7 Å². The van der Waals surface area contributed by atoms with E-state index in [0.717, 1.165) is 12.0 Å². The van der Waals surface area contributed by atoms with Crippen molar-refractivity contribution in [3.05, 3.63) is 35.4 Å². The quantitative estimate of drug-likeness (QED) is 0.724. The topological polar surface area (TPSA) is 50.4 Å². The number of benzene rings is 1. The molecule has 0 aliphatic carbocycles. The number of methoxy groups -OCH3 is 1. The Morgan fingerprint density at radius 3 is 2.50 bits per heavy atom. The fourth-order valence-corrected chi connectivity index (χ4v) is 1.84. The number of hydrogen-bond donors (Lipinski definition) is 2. The van der Waals surface area contributed by atoms with Crippen molar-refractivity contribution in [2.24, 2.45) is 0 Å². The van der Waals surface area contributed by atoms with E-state index >= 15 is 0 Å². The van der Waals surface area contributed by atoms with E-state index in [1.807, 2.05) is 0 Å². The number of hydrogen-bond acceptors (Lipinski definition) is 3. The van der Waals surface area contributed by atoms with Crippen LogP contribution in [0.4, 0.5) is 0 Å². The minimum Gasteiger partial charge on any atom is -0.383 e. The molecule has 0 radical (unpaired) electrons. The van der Waals surface area contributed by atoms with Crippen molar-refractivity contribution in [1.82, 2.24) is 10.6 Å². The van der Waals surface area contributed by atoms with Crippen molar-refractivity contribution in [2.45, 2.75) is 26.3 Å². The van der Waals surface area contributed by atoms with Crippen LogP contribution in [0, 0.1) is 6.92 Å². The van der Waals surface area contributed by atoms with E-state index in [1.165, 1.54) is 5.56 Å². The summed E-state index contributed by atoms with van der Waals surface area (Å²) in [5, 5.41) is 6.08. The molecular formula is C15H25ClN2O2. The molecule has 0 saturated heterocycles. The Morgan fingerprint density at radius 1 is 1.30 bits per heavy atom. The predicted octanol–water partition coefficient (Wildman–Crippen LogP) is 2.22. The molecule has 20 heavy (non-hydrogen) atoms. The van der Waals surface area contributed by atoms with Crippen molar-refractivity contribution >= 4 is 18.3 Å². The Bertz CT molecular complexity index is 382. The third-order valence-electron chi connectivity index (χ3n) is 2.99. The smallest absolute Gasteiger partial charge is 0.234 e. The Labute approximate surface area is 127 Å². The fraction of sp³-hybridized carbons (Fsp3) is 0.533. The maximum atomic E-state index is 11.8. The Morgan fingerprint density at radius 2 is 1.95 bits per heavy atom. The molecule has 0 aromatic heterocycles. The van der Waals surface area contributed by atoms with E-state index in [0.29, 0.717) is 19.7 Å². The van der Waals surface area contributed by atoms with Crippen molar-refractivity contribution in [2.75, 3.05) is 26.8 Å². The number of halogens is 1. The van der Waals surface area contributed by atoms with Gasteiger partial charge in [-0.1, -0.05) is 36.8 Å². The second-order valence-corrected chi connectivity index (χ2v) is 4.61. The standard InChI is InChI=1S/C15H24N2O2.ClH/c1-4-14(13-7-5-12(2)6-8-13)17-15(18)11-16-9-10-19-3;/h5-8,14,16H,4,9-11H2,1-3H3,(H,17,18);1H. The van der Waals surface area contributed by atoms with Gasteiger partial charge in [0.25, 0.3) is 0 Å². The van der Waals surface area contributed by atoms with Crippen LogP contribution in [-0.4, -0.2) is 32.7 Å². The maximum Gasteiger partial charge on any atom is 0.234 e. The second-order valence-electron chi connectivity index (χ2n) is 4.61. The van der Waals surface area contributed by atoms with Crippen LogP contribution in [-0.2, 0) is 9.53 Å². The van der Waals surface area contributed by atoms with E-state index in [-0.39, 0.29) is 24.4 Å². The molecular weight excluding hydrogens is 276 g/mol. The molecule has 1 atom stereocenters. The molecule has 0 fully saturated rings. The van der Waals surface area contributed by atoms with Crippen molar-refractivity contribution < 1.29 is 9.53 Å². The molecule has 5 heteroatoms. The van der Waals surface area contributed by atoms with Crippen molar-refractivity contribution in [3.63, 3.8) is 0 Å². The van der Waals surface area contributed by atoms with Gasteiger partial charge in [-0.3, -0.25) is 4.79 Å². The van der Waals surface area contributed by atoms with E-state index in [4.69, 9.17) is 4.74 Å². The molecule has 0 heterocycles. The summed E-state index contributed by atoms with van der Waals surface area (Å²) >= 11 is 0. The summed E-state index contributed by atoms with van der Waals surface area (Å²) < 4.78 is 4.91. The number of aryl methyl sites for hydroxylation is 1. The first-order valence-electron chi connectivity index (χ1n) is 6.73. The molecule has 4 nitrogen and oxygen atoms in total. The van der Waals surface area contributed by atoms with E-state index in [1.54, 1.807) is 7.11 Å². The first-order valence-corrected chi connectivity index (χ1v) is 6.73. The summed E-state index contributed by atoms with van der Waals surface area (Å²) in [4.78, 5) is 11.8. The minimum atomic E-state index is 0. The van der Waals surface area contributed by atoms with Crippen molar-refractivity contribution in [3.8, 4) is 0 Å². The molecule has 0 saturated carbocycles. The van der Waals surface area contributed by atoms with Gasteiger partial charge in [-0.05, 0) is 18.9 Å². The predicted molar refractivity (Wildman–Crippen MR) is 84.3 cm³/mol. The van der Waals surface area contributed by atoms with Gasteiger partial charge in [0, 0.05) is 13.7 Å². The minimum absolute atomic E-state index is 0. The monoisotopic (exact) mass is 300 g/mol. The molecule has 114 valence electrons. The molecule has 2 N–H and O–H groups in total. The number of carbonyl (C=O) groups is 1. The lowest BCUT2D eigenvalue weighted by Crippen LogP contribution is -2.37. The van der Waals surface area contributed by atoms with Gasteiger partial charge in [0.05, 0.1) is 19.2 Å². The Kier molecular flexibility index (Phi) is 10.1. The third kappa shape index (κ3) is 6.89. The molecule has 1 rings (SSSR count). The summed E-state index contributed by atoms with van der Waals surface area (Å²) in [5.41, 5.74) is 2.38. The van der Waals surface area contributed by atoms with Gasteiger partial charge in [-0.2, -0.15) is 0 Å². The normalized spacial score (nSPS) is 11.6. The highest BCUT2D eigenvalue weighted by molar-refractivity contribution is 5.85. The number of nitrogens with one attached hydrogen (secondary N) is 2. The fourth-order valence-electron chi connectivity index (χ4n) is 1.84. The zero-order chi connectivity index (χ0) is 14.1. The highest BCUT2D eigenvalue weighted by Gasteiger charge is 2.11. The van der Waals surface area contributed by atoms with Crippen LogP contribution in [0.25, 0.3) is 0 Å². The zero-order valence-corrected chi connectivity index (χ0v) is 13.3. The van der Waals surface area contributed by atoms with Gasteiger partial charge in [0.2, 0.25) is 5.91 Å². The first-order chi connectivity index (χ1) is 9.17. The SMILES string of the molecule is CCC(NC(=O)CNCCOC)c1ccc(C)cc1.Cl. The lowest BCUT2D eigenvalue weighted by molar-refractivity contribution is -0.121. The lowest BCUT2D eigenvalue weighted by Gasteiger charge is -2.18. The van der Waals surface area contributed by atoms with Crippen LogP contribution in [0.3, 0.4) is 0 Å². The molecule has 1 unspecified atom stereocenters. The summed E-state index contributed by atoms with van der Waals surface area (Å²) in [5.74, 6) is 0.0172. The summed E-state index contributed by atoms with van der Waals surface area (Å²) in [6, 6.07) is 8.36. The highest BCUT2D eigenvalue weighted by atomic mass is 35.5. The Hall–Kier alpha value is -1.10. The number of ether oxygens (including phenoxy) is 1. The highest BCUT2D eigenvalue weighted by Crippen LogP contribution is 2.16. The number of carbonyl (C=O) groups excluding carboxylic acids is 1. The third-order valence-corrected chi connectivity index (χ3v) is 2.99. The van der Waals surface area contributed by atoms with E-state index < -0.39 is 0 Å². The summed E-state index contributed by atoms with van der Waals surface area (Å²) in [7, 11) is 1.65. The van der Waals surface area contributed by atoms with Crippen LogP contribution in [0.2, 0.25) is 0 Å². The van der Waals surface area contributed by atoms with Gasteiger partial charge >= 0.3 is 0 Å². The van der Waals surface area contributed by atoms with E-state index in [9.17, 15) is 4.79 Å². The summed E-state index contributed by atoms with van der Waals surface area (Å²) in [6.45, 7) is 5.76. The van der Waals surface area contributed by atoms with Gasteiger partial charge in [0.1, 0.15) is 0 Å². The van der Waals surface area contributed by atoms with Gasteiger partial charge in [-0.25, -0.2) is 0 Å². The van der Waals surface area contributed by atoms with Crippen molar-refractivity contribution in [1.29, 1.82) is 0 Å². The van der Waals surface area contributed by atoms with Crippen LogP contribution in [0.1, 0.15) is 30.5 Å². The zero-order valence-electron chi connectivity index (χ0n) is 12.4. The van der Waals surface area contributed by atoms with Crippen LogP contribution < -0.4 is 10.6 Å². The molecule has 0 bridgehead atoms. The van der Waals surface area contributed by atoms with Crippen LogP contribution in [0.15, 0.2) is 24.3 Å². The molecule has 0 spiro atoms. The molecule has 1 amide bonds. The van der Waals surface area contributed by atoms with Gasteiger partial charge < -0.3 is 15.4 Å². The molecule has 0 aliphatic rings.